The fourth-order valence-electron chi connectivity index (χ4n) is 8.63. The summed E-state index contributed by atoms with van der Waals surface area (Å²) in [7, 11) is 0. The Morgan fingerprint density at radius 3 is 1.74 bits per heavy atom. The van der Waals surface area contributed by atoms with Gasteiger partial charge in [-0.3, -0.25) is 0 Å². The smallest absolute Gasteiger partial charge is 0.0171 e. The Morgan fingerprint density at radius 1 is 0.372 bits per heavy atom. The first kappa shape index (κ1) is 23.4. The third-order valence-electron chi connectivity index (χ3n) is 10.3. The van der Waals surface area contributed by atoms with Gasteiger partial charge in [-0.1, -0.05) is 141 Å². The summed E-state index contributed by atoms with van der Waals surface area (Å²) in [4.78, 5) is 0. The minimum atomic E-state index is -0.122. The van der Waals surface area contributed by atoms with Crippen molar-refractivity contribution in [1.82, 2.24) is 0 Å². The zero-order valence-electron chi connectivity index (χ0n) is 24.2. The monoisotopic (exact) mass is 544 g/mol. The minimum absolute atomic E-state index is 0.122. The molecule has 0 aliphatic heterocycles. The van der Waals surface area contributed by atoms with Crippen LogP contribution in [0.3, 0.4) is 0 Å². The van der Waals surface area contributed by atoms with Gasteiger partial charge < -0.3 is 0 Å². The second-order valence-corrected chi connectivity index (χ2v) is 12.8. The zero-order valence-corrected chi connectivity index (χ0v) is 24.2. The van der Waals surface area contributed by atoms with E-state index in [1.165, 1.54) is 98.7 Å². The maximum absolute atomic E-state index is 2.42. The lowest BCUT2D eigenvalue weighted by atomic mass is 9.77. The molecule has 0 spiro atoms. The van der Waals surface area contributed by atoms with Crippen LogP contribution in [-0.4, -0.2) is 0 Å². The van der Waals surface area contributed by atoms with Crippen molar-refractivity contribution in [2.24, 2.45) is 0 Å². The van der Waals surface area contributed by atoms with E-state index in [1.54, 1.807) is 0 Å². The second kappa shape index (κ2) is 8.00. The van der Waals surface area contributed by atoms with Crippen LogP contribution in [0.25, 0.3) is 87.6 Å². The Hall–Kier alpha value is -5.20. The summed E-state index contributed by atoms with van der Waals surface area (Å²) in [5.41, 5.74) is 13.5. The largest absolute Gasteiger partial charge is 0.0616 e. The Bertz CT molecular complexity index is 2500. The van der Waals surface area contributed by atoms with Gasteiger partial charge in [0.15, 0.2) is 0 Å². The summed E-state index contributed by atoms with van der Waals surface area (Å²) < 4.78 is 0. The average Bonchev–Trinajstić information content (AvgIpc) is 3.51. The molecule has 0 radical (unpaired) electrons. The third kappa shape index (κ3) is 2.86. The van der Waals surface area contributed by atoms with E-state index in [-0.39, 0.29) is 5.41 Å². The Morgan fingerprint density at radius 2 is 0.953 bits per heavy atom. The molecule has 2 aliphatic carbocycles. The summed E-state index contributed by atoms with van der Waals surface area (Å²) in [6.45, 7) is 4.85. The van der Waals surface area contributed by atoms with E-state index >= 15 is 0 Å². The van der Waals surface area contributed by atoms with E-state index in [9.17, 15) is 0 Å². The average molecular weight is 545 g/mol. The van der Waals surface area contributed by atoms with Crippen LogP contribution < -0.4 is 0 Å². The van der Waals surface area contributed by atoms with E-state index in [4.69, 9.17) is 0 Å². The third-order valence-corrected chi connectivity index (χ3v) is 10.3. The van der Waals surface area contributed by atoms with Crippen LogP contribution in [0.4, 0.5) is 0 Å². The summed E-state index contributed by atoms with van der Waals surface area (Å²) in [6, 6.07) is 50.1. The molecule has 0 heteroatoms. The van der Waals surface area contributed by atoms with Crippen molar-refractivity contribution in [3.8, 4) is 44.5 Å². The number of hydrogen-bond acceptors (Lipinski definition) is 0. The van der Waals surface area contributed by atoms with Gasteiger partial charge in [0.1, 0.15) is 0 Å². The van der Waals surface area contributed by atoms with E-state index < -0.39 is 0 Å². The van der Waals surface area contributed by atoms with Crippen molar-refractivity contribution in [2.75, 3.05) is 0 Å². The van der Waals surface area contributed by atoms with Gasteiger partial charge in [-0.25, -0.2) is 0 Å². The highest BCUT2D eigenvalue weighted by Gasteiger charge is 2.39. The Labute approximate surface area is 250 Å². The van der Waals surface area contributed by atoms with Crippen LogP contribution in [0.15, 0.2) is 133 Å². The van der Waals surface area contributed by atoms with Gasteiger partial charge in [-0.15, -0.1) is 0 Å². The first-order valence-electron chi connectivity index (χ1n) is 15.3. The van der Waals surface area contributed by atoms with Gasteiger partial charge >= 0.3 is 0 Å². The molecule has 0 fully saturated rings. The van der Waals surface area contributed by atoms with Crippen LogP contribution in [-0.2, 0) is 5.41 Å². The number of rotatable bonds is 1. The molecule has 0 amide bonds. The molecule has 8 aromatic carbocycles. The first-order chi connectivity index (χ1) is 21.1. The van der Waals surface area contributed by atoms with Crippen LogP contribution in [0.1, 0.15) is 25.0 Å². The van der Waals surface area contributed by atoms with Crippen molar-refractivity contribution in [1.29, 1.82) is 0 Å². The lowest BCUT2D eigenvalue weighted by Gasteiger charge is -2.25. The predicted molar refractivity (Wildman–Crippen MR) is 184 cm³/mol. The first-order valence-corrected chi connectivity index (χ1v) is 15.3. The molecule has 0 saturated heterocycles. The number of fused-ring (bicyclic) bond motifs is 13. The van der Waals surface area contributed by atoms with E-state index in [0.29, 0.717) is 0 Å². The maximum Gasteiger partial charge on any atom is 0.0171 e. The number of benzene rings is 8. The van der Waals surface area contributed by atoms with Gasteiger partial charge in [-0.05, 0) is 105 Å². The molecule has 0 atom stereocenters. The minimum Gasteiger partial charge on any atom is -0.0616 e. The van der Waals surface area contributed by atoms with E-state index in [2.05, 4.69) is 147 Å². The SMILES string of the molecule is CC1(C)c2c(ccc3cc(-c4ccc5c6c(cccc46)-c4ccccc4-5)ccc23)-c2c1c1ccccc1c1ccccc21. The molecule has 0 heterocycles. The lowest BCUT2D eigenvalue weighted by molar-refractivity contribution is 0.672. The van der Waals surface area contributed by atoms with Crippen LogP contribution in [0.2, 0.25) is 0 Å². The molecule has 200 valence electrons. The molecule has 0 bridgehead atoms. The quantitative estimate of drug-likeness (QED) is 0.180. The topological polar surface area (TPSA) is 0 Å². The maximum atomic E-state index is 2.42. The highest BCUT2D eigenvalue weighted by atomic mass is 14.4. The Balaban J connectivity index is 1.22. The highest BCUT2D eigenvalue weighted by Crippen LogP contribution is 2.56. The van der Waals surface area contributed by atoms with E-state index in [1.807, 2.05) is 0 Å². The molecule has 2 aliphatic rings. The van der Waals surface area contributed by atoms with Crippen molar-refractivity contribution in [3.05, 3.63) is 145 Å². The van der Waals surface area contributed by atoms with Crippen molar-refractivity contribution in [2.45, 2.75) is 19.3 Å². The predicted octanol–water partition coefficient (Wildman–Crippen LogP) is 11.9. The molecule has 0 nitrogen and oxygen atoms in total. The van der Waals surface area contributed by atoms with Crippen LogP contribution >= 0.6 is 0 Å². The fourth-order valence-corrected chi connectivity index (χ4v) is 8.63. The fraction of sp³-hybridized carbons (Fsp3) is 0.0698. The van der Waals surface area contributed by atoms with Crippen LogP contribution in [0, 0.1) is 0 Å². The summed E-state index contributed by atoms with van der Waals surface area (Å²) in [5, 5.41) is 10.8. The van der Waals surface area contributed by atoms with Gasteiger partial charge in [0, 0.05) is 5.41 Å². The lowest BCUT2D eigenvalue weighted by Crippen LogP contribution is -2.16. The molecule has 10 rings (SSSR count). The highest BCUT2D eigenvalue weighted by molar-refractivity contribution is 6.21. The molecule has 0 saturated carbocycles. The number of hydrogen-bond donors (Lipinski definition) is 0. The van der Waals surface area contributed by atoms with Crippen LogP contribution in [0.5, 0.6) is 0 Å². The van der Waals surface area contributed by atoms with E-state index in [0.717, 1.165) is 0 Å². The normalized spacial score (nSPS) is 14.0. The second-order valence-electron chi connectivity index (χ2n) is 12.8. The molecule has 0 unspecified atom stereocenters. The summed E-state index contributed by atoms with van der Waals surface area (Å²) in [6.07, 6.45) is 0. The van der Waals surface area contributed by atoms with Gasteiger partial charge in [0.05, 0.1) is 0 Å². The van der Waals surface area contributed by atoms with Gasteiger partial charge in [0.25, 0.3) is 0 Å². The summed E-state index contributed by atoms with van der Waals surface area (Å²) >= 11 is 0. The molecular formula is C43H28. The standard InChI is InChI=1S/C43H28/c1-43(2)41-28-20-18-25(27-22-23-36-30-11-4-3-10-29(30)34-17-9-16-33(27)39(34)36)24-26(28)19-21-38(41)40-35-14-7-5-12-31(35)32-13-6-8-15-37(32)42(40)43/h3-24H,1-2H3. The van der Waals surface area contributed by atoms with Crippen molar-refractivity contribution in [3.63, 3.8) is 0 Å². The summed E-state index contributed by atoms with van der Waals surface area (Å²) in [5.74, 6) is 0. The molecule has 0 aromatic heterocycles. The zero-order chi connectivity index (χ0) is 28.4. The van der Waals surface area contributed by atoms with Crippen molar-refractivity contribution < 1.29 is 0 Å². The van der Waals surface area contributed by atoms with Gasteiger partial charge in [-0.2, -0.15) is 0 Å². The molecule has 8 aromatic rings. The van der Waals surface area contributed by atoms with Gasteiger partial charge in [0.2, 0.25) is 0 Å². The Kier molecular flexibility index (Phi) is 4.35. The van der Waals surface area contributed by atoms with Crippen molar-refractivity contribution >= 4 is 43.1 Å². The molecule has 0 N–H and O–H groups in total. The molecule has 43 heavy (non-hydrogen) atoms. The molecular weight excluding hydrogens is 516 g/mol.